The molecular formula is C9H14N2O3. The number of rotatable bonds is 3. The largest absolute Gasteiger partial charge is 0.391 e. The third kappa shape index (κ3) is 2.32. The smallest absolute Gasteiger partial charge is 0.328 e. The van der Waals surface area contributed by atoms with Crippen molar-refractivity contribution >= 4 is 0 Å². The Morgan fingerprint density at radius 1 is 1.50 bits per heavy atom. The summed E-state index contributed by atoms with van der Waals surface area (Å²) in [7, 11) is 0. The molecule has 5 nitrogen and oxygen atoms in total. The molecule has 1 rings (SSSR count). The molecule has 0 saturated heterocycles. The maximum absolute atomic E-state index is 11.2. The Labute approximate surface area is 81.0 Å². The van der Waals surface area contributed by atoms with Gasteiger partial charge in [-0.1, -0.05) is 13.8 Å². The highest BCUT2D eigenvalue weighted by molar-refractivity contribution is 4.83. The minimum absolute atomic E-state index is 0.0153. The second-order valence-electron chi connectivity index (χ2n) is 3.54. The first-order chi connectivity index (χ1) is 6.52. The summed E-state index contributed by atoms with van der Waals surface area (Å²) in [5.41, 5.74) is -0.884. The third-order valence-corrected chi connectivity index (χ3v) is 2.08. The molecule has 14 heavy (non-hydrogen) atoms. The van der Waals surface area contributed by atoms with E-state index in [1.165, 1.54) is 12.3 Å². The summed E-state index contributed by atoms with van der Waals surface area (Å²) >= 11 is 0. The first kappa shape index (κ1) is 10.7. The van der Waals surface area contributed by atoms with E-state index in [1.54, 1.807) is 0 Å². The Hall–Kier alpha value is -1.36. The molecule has 0 aliphatic carbocycles. The summed E-state index contributed by atoms with van der Waals surface area (Å²) in [6.07, 6.45) is 0.610. The fourth-order valence-electron chi connectivity index (χ4n) is 1.02. The first-order valence-electron chi connectivity index (χ1n) is 4.49. The zero-order chi connectivity index (χ0) is 10.7. The minimum Gasteiger partial charge on any atom is -0.391 e. The predicted molar refractivity (Wildman–Crippen MR) is 52.2 cm³/mol. The molecule has 0 amide bonds. The van der Waals surface area contributed by atoms with Gasteiger partial charge in [0.1, 0.15) is 0 Å². The van der Waals surface area contributed by atoms with Gasteiger partial charge in [0.25, 0.3) is 5.56 Å². The molecular weight excluding hydrogens is 184 g/mol. The Bertz CT molecular complexity index is 377. The Kier molecular flexibility index (Phi) is 3.24. The molecule has 0 aromatic carbocycles. The molecule has 5 heteroatoms. The number of aliphatic hydroxyl groups excluding tert-OH is 1. The minimum atomic E-state index is -0.684. The van der Waals surface area contributed by atoms with Crippen LogP contribution in [0.1, 0.15) is 13.8 Å². The van der Waals surface area contributed by atoms with Gasteiger partial charge in [-0.2, -0.15) is 0 Å². The van der Waals surface area contributed by atoms with Gasteiger partial charge in [0, 0.05) is 12.3 Å². The van der Waals surface area contributed by atoms with Gasteiger partial charge in [0.05, 0.1) is 12.6 Å². The van der Waals surface area contributed by atoms with Gasteiger partial charge >= 0.3 is 5.69 Å². The average molecular weight is 198 g/mol. The van der Waals surface area contributed by atoms with Crippen molar-refractivity contribution in [2.75, 3.05) is 0 Å². The molecule has 1 unspecified atom stereocenters. The van der Waals surface area contributed by atoms with E-state index < -0.39 is 17.4 Å². The van der Waals surface area contributed by atoms with E-state index in [0.29, 0.717) is 0 Å². The highest BCUT2D eigenvalue weighted by atomic mass is 16.3. The first-order valence-corrected chi connectivity index (χ1v) is 4.49. The summed E-state index contributed by atoms with van der Waals surface area (Å²) in [5.74, 6) is 0.0153. The lowest BCUT2D eigenvalue weighted by Crippen LogP contribution is -2.38. The topological polar surface area (TPSA) is 75.1 Å². The Morgan fingerprint density at radius 2 is 2.14 bits per heavy atom. The van der Waals surface area contributed by atoms with E-state index in [2.05, 4.69) is 4.98 Å². The number of nitrogens with one attached hydrogen (secondary N) is 1. The van der Waals surface area contributed by atoms with E-state index >= 15 is 0 Å². The zero-order valence-corrected chi connectivity index (χ0v) is 8.23. The van der Waals surface area contributed by atoms with Crippen LogP contribution in [-0.4, -0.2) is 20.8 Å². The predicted octanol–water partition coefficient (Wildman–Crippen LogP) is -0.447. The lowest BCUT2D eigenvalue weighted by molar-refractivity contribution is 0.104. The molecule has 0 radical (unpaired) electrons. The zero-order valence-electron chi connectivity index (χ0n) is 8.23. The lowest BCUT2D eigenvalue weighted by atomic mass is 10.1. The number of nitrogens with zero attached hydrogens (tertiary/aromatic N) is 1. The van der Waals surface area contributed by atoms with Crippen molar-refractivity contribution in [1.29, 1.82) is 0 Å². The van der Waals surface area contributed by atoms with Gasteiger partial charge in [0.2, 0.25) is 0 Å². The normalized spacial score (nSPS) is 13.1. The molecule has 0 aliphatic heterocycles. The van der Waals surface area contributed by atoms with E-state index in [4.69, 9.17) is 0 Å². The van der Waals surface area contributed by atoms with Crippen molar-refractivity contribution in [3.8, 4) is 0 Å². The molecule has 1 heterocycles. The fraction of sp³-hybridized carbons (Fsp3) is 0.556. The highest BCUT2D eigenvalue weighted by Crippen LogP contribution is 2.01. The molecule has 0 spiro atoms. The van der Waals surface area contributed by atoms with E-state index in [0.717, 1.165) is 4.57 Å². The third-order valence-electron chi connectivity index (χ3n) is 2.08. The van der Waals surface area contributed by atoms with Gasteiger partial charge in [-0.3, -0.25) is 9.36 Å². The van der Waals surface area contributed by atoms with E-state index in [-0.39, 0.29) is 12.5 Å². The maximum Gasteiger partial charge on any atom is 0.328 e. The number of aromatic amines is 1. The van der Waals surface area contributed by atoms with Gasteiger partial charge in [-0.25, -0.2) is 4.79 Å². The van der Waals surface area contributed by atoms with Gasteiger partial charge in [-0.05, 0) is 5.92 Å². The Balaban J connectivity index is 2.98. The number of hydrogen-bond acceptors (Lipinski definition) is 3. The standard InChI is InChI=1S/C9H14N2O3/c1-6(2)7(12)5-11-8(13)3-4-10-9(11)14/h3-4,6-7,12H,5H2,1-2H3,(H,10,14). The van der Waals surface area contributed by atoms with Crippen LogP contribution in [0.15, 0.2) is 21.9 Å². The molecule has 0 bridgehead atoms. The molecule has 0 aliphatic rings. The van der Waals surface area contributed by atoms with Crippen molar-refractivity contribution < 1.29 is 5.11 Å². The van der Waals surface area contributed by atoms with Crippen LogP contribution >= 0.6 is 0 Å². The average Bonchev–Trinajstić information content (AvgIpc) is 2.11. The van der Waals surface area contributed by atoms with E-state index in [9.17, 15) is 14.7 Å². The molecule has 78 valence electrons. The molecule has 1 aromatic rings. The number of aliphatic hydroxyl groups is 1. The number of hydrogen-bond donors (Lipinski definition) is 2. The quantitative estimate of drug-likeness (QED) is 0.691. The number of H-pyrrole nitrogens is 1. The summed E-state index contributed by atoms with van der Waals surface area (Å²) in [6.45, 7) is 3.69. The Morgan fingerprint density at radius 3 is 2.64 bits per heavy atom. The second kappa shape index (κ2) is 4.23. The van der Waals surface area contributed by atoms with Crippen LogP contribution in [0.3, 0.4) is 0 Å². The van der Waals surface area contributed by atoms with Gasteiger partial charge in [0.15, 0.2) is 0 Å². The van der Waals surface area contributed by atoms with Crippen LogP contribution < -0.4 is 11.2 Å². The maximum atomic E-state index is 11.2. The summed E-state index contributed by atoms with van der Waals surface area (Å²) in [6, 6.07) is 1.26. The fourth-order valence-corrected chi connectivity index (χ4v) is 1.02. The highest BCUT2D eigenvalue weighted by Gasteiger charge is 2.11. The van der Waals surface area contributed by atoms with Crippen LogP contribution in [0.4, 0.5) is 0 Å². The van der Waals surface area contributed by atoms with Gasteiger partial charge < -0.3 is 10.1 Å². The van der Waals surface area contributed by atoms with Crippen LogP contribution in [0.2, 0.25) is 0 Å². The van der Waals surface area contributed by atoms with Crippen molar-refractivity contribution in [3.63, 3.8) is 0 Å². The second-order valence-corrected chi connectivity index (χ2v) is 3.54. The summed E-state index contributed by atoms with van der Waals surface area (Å²) < 4.78 is 0.991. The van der Waals surface area contributed by atoms with Crippen LogP contribution in [0, 0.1) is 5.92 Å². The van der Waals surface area contributed by atoms with E-state index in [1.807, 2.05) is 13.8 Å². The monoisotopic (exact) mass is 198 g/mol. The molecule has 2 N–H and O–H groups in total. The van der Waals surface area contributed by atoms with Crippen molar-refractivity contribution in [2.45, 2.75) is 26.5 Å². The van der Waals surface area contributed by atoms with Gasteiger partial charge in [-0.15, -0.1) is 0 Å². The number of aromatic nitrogens is 2. The molecule has 0 saturated carbocycles. The van der Waals surface area contributed by atoms with Crippen molar-refractivity contribution in [3.05, 3.63) is 33.1 Å². The van der Waals surface area contributed by atoms with Crippen molar-refractivity contribution in [2.24, 2.45) is 5.92 Å². The summed E-state index contributed by atoms with van der Waals surface area (Å²) in [4.78, 5) is 24.8. The SMILES string of the molecule is CC(C)C(O)Cn1c(=O)cc[nH]c1=O. The van der Waals surface area contributed by atoms with Crippen LogP contribution in [0.5, 0.6) is 0 Å². The molecule has 1 atom stereocenters. The molecule has 0 fully saturated rings. The molecule has 1 aromatic heterocycles. The summed E-state index contributed by atoms with van der Waals surface area (Å²) in [5, 5.41) is 9.52. The van der Waals surface area contributed by atoms with Crippen LogP contribution in [-0.2, 0) is 6.54 Å². The van der Waals surface area contributed by atoms with Crippen LogP contribution in [0.25, 0.3) is 0 Å². The van der Waals surface area contributed by atoms with Crippen molar-refractivity contribution in [1.82, 2.24) is 9.55 Å². The lowest BCUT2D eigenvalue weighted by Gasteiger charge is -2.14.